The van der Waals surface area contributed by atoms with Gasteiger partial charge in [0.2, 0.25) is 5.91 Å². The van der Waals surface area contributed by atoms with Crippen LogP contribution in [-0.4, -0.2) is 39.2 Å². The van der Waals surface area contributed by atoms with Crippen molar-refractivity contribution in [1.29, 1.82) is 0 Å². The van der Waals surface area contributed by atoms with Gasteiger partial charge in [-0.3, -0.25) is 4.79 Å². The summed E-state index contributed by atoms with van der Waals surface area (Å²) >= 11 is 0. The molecule has 0 saturated carbocycles. The van der Waals surface area contributed by atoms with E-state index in [2.05, 4.69) is 27.4 Å². The Hall–Kier alpha value is -3.94. The minimum Gasteiger partial charge on any atom is -0.366 e. The summed E-state index contributed by atoms with van der Waals surface area (Å²) in [6, 6.07) is 15.6. The molecular formula is C22H21N7O. The molecule has 1 aliphatic heterocycles. The Labute approximate surface area is 173 Å². The fraction of sp³-hybridized carbons (Fsp3) is 0.182. The number of fused-ring (bicyclic) bond motifs is 2. The molecule has 30 heavy (non-hydrogen) atoms. The second-order valence-corrected chi connectivity index (χ2v) is 7.34. The van der Waals surface area contributed by atoms with E-state index in [1.807, 2.05) is 31.3 Å². The predicted octanol–water partition coefficient (Wildman–Crippen LogP) is 2.52. The third-order valence-electron chi connectivity index (χ3n) is 5.40. The fourth-order valence-corrected chi connectivity index (χ4v) is 3.84. The second kappa shape index (κ2) is 7.14. The molecule has 8 heteroatoms. The summed E-state index contributed by atoms with van der Waals surface area (Å²) in [5, 5.41) is 8.61. The quantitative estimate of drug-likeness (QED) is 0.535. The Bertz CT molecular complexity index is 1250. The van der Waals surface area contributed by atoms with Gasteiger partial charge < -0.3 is 16.0 Å². The van der Waals surface area contributed by atoms with E-state index in [4.69, 9.17) is 15.7 Å². The molecule has 4 aromatic rings. The zero-order chi connectivity index (χ0) is 20.7. The van der Waals surface area contributed by atoms with Crippen molar-refractivity contribution in [2.75, 3.05) is 23.8 Å². The van der Waals surface area contributed by atoms with Crippen LogP contribution in [0.1, 0.15) is 21.5 Å². The number of amides is 1. The lowest BCUT2D eigenvalue weighted by Crippen LogP contribution is -2.16. The molecule has 150 valence electrons. The molecule has 0 saturated heterocycles. The number of anilines is 2. The Morgan fingerprint density at radius 2 is 1.97 bits per heavy atom. The standard InChI is InChI=1S/C22H21N7O/c1-28-11-10-16-20(24-12-14-6-3-2-4-7-14)26-22(27-21(16)28)29-18-9-5-8-15(19(23)30)17(18)13-25-29/h2-9,13H,10-12H2,1H3,(H2,23,30)(H,24,26,27). The SMILES string of the molecule is CN1CCc2c(NCc3ccccc3)nc(-n3ncc4c(C(N)=O)cccc43)nc21. The number of likely N-dealkylation sites (N-methyl/N-ethyl adjacent to an activating group) is 1. The highest BCUT2D eigenvalue weighted by atomic mass is 16.1. The predicted molar refractivity (Wildman–Crippen MR) is 116 cm³/mol. The van der Waals surface area contributed by atoms with Crippen molar-refractivity contribution in [1.82, 2.24) is 19.7 Å². The van der Waals surface area contributed by atoms with Crippen molar-refractivity contribution < 1.29 is 4.79 Å². The topological polar surface area (TPSA) is 102 Å². The number of nitrogens with two attached hydrogens (primary N) is 1. The maximum atomic E-state index is 11.8. The molecule has 0 fully saturated rings. The van der Waals surface area contributed by atoms with Gasteiger partial charge in [0.15, 0.2) is 0 Å². The molecule has 2 aromatic heterocycles. The van der Waals surface area contributed by atoms with Gasteiger partial charge in [-0.2, -0.15) is 19.7 Å². The summed E-state index contributed by atoms with van der Waals surface area (Å²) in [5.41, 5.74) is 8.96. The monoisotopic (exact) mass is 399 g/mol. The number of primary amides is 1. The fourth-order valence-electron chi connectivity index (χ4n) is 3.84. The normalized spacial score (nSPS) is 12.9. The van der Waals surface area contributed by atoms with Crippen molar-refractivity contribution in [3.8, 4) is 5.95 Å². The van der Waals surface area contributed by atoms with Gasteiger partial charge in [0, 0.05) is 31.1 Å². The first kappa shape index (κ1) is 18.1. The molecule has 3 N–H and O–H groups in total. The summed E-state index contributed by atoms with van der Waals surface area (Å²) in [5.74, 6) is 1.66. The number of benzene rings is 2. The van der Waals surface area contributed by atoms with E-state index in [1.54, 1.807) is 23.0 Å². The van der Waals surface area contributed by atoms with Gasteiger partial charge in [0.1, 0.15) is 11.6 Å². The second-order valence-electron chi connectivity index (χ2n) is 7.34. The van der Waals surface area contributed by atoms with Crippen LogP contribution in [0.4, 0.5) is 11.6 Å². The number of hydrogen-bond acceptors (Lipinski definition) is 6. The lowest BCUT2D eigenvalue weighted by Gasteiger charge is -2.15. The number of carbonyl (C=O) groups is 1. The highest BCUT2D eigenvalue weighted by Gasteiger charge is 2.24. The summed E-state index contributed by atoms with van der Waals surface area (Å²) < 4.78 is 1.65. The van der Waals surface area contributed by atoms with Gasteiger partial charge in [0.05, 0.1) is 17.3 Å². The first-order chi connectivity index (χ1) is 14.6. The van der Waals surface area contributed by atoms with Crippen molar-refractivity contribution in [2.24, 2.45) is 5.73 Å². The molecule has 0 bridgehead atoms. The van der Waals surface area contributed by atoms with Crippen molar-refractivity contribution in [3.63, 3.8) is 0 Å². The molecule has 8 nitrogen and oxygen atoms in total. The third-order valence-corrected chi connectivity index (χ3v) is 5.40. The van der Waals surface area contributed by atoms with Gasteiger partial charge in [0.25, 0.3) is 5.95 Å². The average Bonchev–Trinajstić information content (AvgIpc) is 3.36. The lowest BCUT2D eigenvalue weighted by molar-refractivity contribution is 0.100. The van der Waals surface area contributed by atoms with Gasteiger partial charge in [-0.15, -0.1) is 0 Å². The first-order valence-corrected chi connectivity index (χ1v) is 9.78. The number of nitrogens with zero attached hydrogens (tertiary/aromatic N) is 5. The smallest absolute Gasteiger partial charge is 0.255 e. The molecule has 0 spiro atoms. The Morgan fingerprint density at radius 3 is 2.77 bits per heavy atom. The molecule has 2 aromatic carbocycles. The van der Waals surface area contributed by atoms with Crippen LogP contribution in [0.2, 0.25) is 0 Å². The first-order valence-electron chi connectivity index (χ1n) is 9.78. The van der Waals surface area contributed by atoms with Gasteiger partial charge in [-0.25, -0.2) is 0 Å². The summed E-state index contributed by atoms with van der Waals surface area (Å²) in [6.07, 6.45) is 2.52. The lowest BCUT2D eigenvalue weighted by atomic mass is 10.1. The van der Waals surface area contributed by atoms with E-state index >= 15 is 0 Å². The van der Waals surface area contributed by atoms with Crippen LogP contribution in [0.25, 0.3) is 16.9 Å². The van der Waals surface area contributed by atoms with Crippen molar-refractivity contribution in [2.45, 2.75) is 13.0 Å². The molecule has 1 amide bonds. The van der Waals surface area contributed by atoms with Crippen LogP contribution < -0.4 is 16.0 Å². The third kappa shape index (κ3) is 3.02. The Kier molecular flexibility index (Phi) is 4.31. The van der Waals surface area contributed by atoms with E-state index in [0.29, 0.717) is 23.4 Å². The molecule has 0 unspecified atom stereocenters. The molecule has 5 rings (SSSR count). The van der Waals surface area contributed by atoms with Gasteiger partial charge in [-0.05, 0) is 24.1 Å². The maximum absolute atomic E-state index is 11.8. The summed E-state index contributed by atoms with van der Waals surface area (Å²) in [4.78, 5) is 23.5. The summed E-state index contributed by atoms with van der Waals surface area (Å²) in [6.45, 7) is 1.55. The zero-order valence-electron chi connectivity index (χ0n) is 16.5. The van der Waals surface area contributed by atoms with Crippen LogP contribution in [0.3, 0.4) is 0 Å². The van der Waals surface area contributed by atoms with E-state index in [9.17, 15) is 4.79 Å². The average molecular weight is 399 g/mol. The largest absolute Gasteiger partial charge is 0.366 e. The zero-order valence-corrected chi connectivity index (χ0v) is 16.5. The van der Waals surface area contributed by atoms with Crippen LogP contribution in [0, 0.1) is 0 Å². The molecule has 0 aliphatic carbocycles. The number of nitrogens with one attached hydrogen (secondary N) is 1. The molecule has 0 atom stereocenters. The molecule has 0 radical (unpaired) electrons. The molecular weight excluding hydrogens is 378 g/mol. The van der Waals surface area contributed by atoms with Crippen LogP contribution in [-0.2, 0) is 13.0 Å². The number of rotatable bonds is 5. The van der Waals surface area contributed by atoms with Crippen LogP contribution in [0.15, 0.2) is 54.7 Å². The van der Waals surface area contributed by atoms with E-state index in [-0.39, 0.29) is 0 Å². The minimum atomic E-state index is -0.486. The van der Waals surface area contributed by atoms with Gasteiger partial charge >= 0.3 is 0 Å². The highest BCUT2D eigenvalue weighted by molar-refractivity contribution is 6.05. The Balaban J connectivity index is 1.60. The van der Waals surface area contributed by atoms with E-state index in [1.165, 1.54) is 5.56 Å². The summed E-state index contributed by atoms with van der Waals surface area (Å²) in [7, 11) is 2.02. The van der Waals surface area contributed by atoms with Crippen molar-refractivity contribution >= 4 is 28.4 Å². The van der Waals surface area contributed by atoms with E-state index < -0.39 is 5.91 Å². The Morgan fingerprint density at radius 1 is 1.13 bits per heavy atom. The number of aromatic nitrogens is 4. The minimum absolute atomic E-state index is 0.430. The van der Waals surface area contributed by atoms with Gasteiger partial charge in [-0.1, -0.05) is 36.4 Å². The molecule has 1 aliphatic rings. The highest BCUT2D eigenvalue weighted by Crippen LogP contribution is 2.32. The van der Waals surface area contributed by atoms with Crippen molar-refractivity contribution in [3.05, 3.63) is 71.4 Å². The number of hydrogen-bond donors (Lipinski definition) is 2. The molecule has 3 heterocycles. The maximum Gasteiger partial charge on any atom is 0.255 e. The van der Waals surface area contributed by atoms with Crippen LogP contribution in [0.5, 0.6) is 0 Å². The number of carbonyl (C=O) groups excluding carboxylic acids is 1. The van der Waals surface area contributed by atoms with E-state index in [0.717, 1.165) is 35.7 Å². The van der Waals surface area contributed by atoms with Crippen LogP contribution >= 0.6 is 0 Å².